The fourth-order valence-corrected chi connectivity index (χ4v) is 2.79. The van der Waals surface area contributed by atoms with Crippen LogP contribution in [0, 0.1) is 5.92 Å². The summed E-state index contributed by atoms with van der Waals surface area (Å²) in [6, 6.07) is 8.43. The van der Waals surface area contributed by atoms with Crippen LogP contribution in [0.15, 0.2) is 35.5 Å². The smallest absolute Gasteiger partial charge is 0.188 e. The van der Waals surface area contributed by atoms with Gasteiger partial charge in [-0.05, 0) is 43.2 Å². The summed E-state index contributed by atoms with van der Waals surface area (Å²) >= 11 is 0. The zero-order valence-corrected chi connectivity index (χ0v) is 15.2. The van der Waals surface area contributed by atoms with Crippen molar-refractivity contribution < 1.29 is 0 Å². The first kappa shape index (κ1) is 17.1. The first-order chi connectivity index (χ1) is 10.3. The maximum Gasteiger partial charge on any atom is 0.188 e. The lowest BCUT2D eigenvalue weighted by Gasteiger charge is -2.23. The quantitative estimate of drug-likeness (QED) is 0.295. The molecule has 1 aromatic carbocycles. The molecule has 1 aromatic heterocycles. The van der Waals surface area contributed by atoms with Gasteiger partial charge in [-0.1, -0.05) is 24.6 Å². The van der Waals surface area contributed by atoms with Crippen LogP contribution in [0.5, 0.6) is 0 Å². The maximum absolute atomic E-state index is 5.88. The van der Waals surface area contributed by atoms with E-state index < -0.39 is 0 Å². The van der Waals surface area contributed by atoms with Crippen LogP contribution in [0.3, 0.4) is 0 Å². The third-order valence-corrected chi connectivity index (χ3v) is 4.35. The van der Waals surface area contributed by atoms with Crippen molar-refractivity contribution in [2.75, 3.05) is 13.1 Å². The fraction of sp³-hybridized carbons (Fsp3) is 0.471. The predicted octanol–water partition coefficient (Wildman–Crippen LogP) is 3.42. The van der Waals surface area contributed by atoms with Gasteiger partial charge >= 0.3 is 0 Å². The summed E-state index contributed by atoms with van der Waals surface area (Å²) in [5, 5.41) is 4.54. The summed E-state index contributed by atoms with van der Waals surface area (Å²) in [7, 11) is 0. The summed E-state index contributed by atoms with van der Waals surface area (Å²) in [4.78, 5) is 7.72. The number of guanidine groups is 1. The summed E-state index contributed by atoms with van der Waals surface area (Å²) < 4.78 is 0. The average Bonchev–Trinajstić information content (AvgIpc) is 2.85. The van der Waals surface area contributed by atoms with Crippen molar-refractivity contribution in [3.05, 3.63) is 36.0 Å². The minimum Gasteiger partial charge on any atom is -0.370 e. The molecule has 0 amide bonds. The van der Waals surface area contributed by atoms with Crippen molar-refractivity contribution in [2.24, 2.45) is 16.6 Å². The molecule has 120 valence electrons. The third kappa shape index (κ3) is 4.38. The summed E-state index contributed by atoms with van der Waals surface area (Å²) in [5.74, 6) is 1.37. The molecule has 0 radical (unpaired) electrons. The molecular weight excluding hydrogens is 387 g/mol. The van der Waals surface area contributed by atoms with Crippen molar-refractivity contribution in [3.8, 4) is 0 Å². The Labute approximate surface area is 149 Å². The highest BCUT2D eigenvalue weighted by atomic mass is 127. The molecule has 0 aliphatic heterocycles. The van der Waals surface area contributed by atoms with Crippen molar-refractivity contribution in [2.45, 2.75) is 32.1 Å². The number of fused-ring (bicyclic) bond motifs is 1. The Morgan fingerprint density at radius 2 is 2.14 bits per heavy atom. The number of aliphatic imine (C=N–C) groups is 1. The molecule has 1 saturated carbocycles. The minimum absolute atomic E-state index is 0. The molecule has 4 N–H and O–H groups in total. The third-order valence-electron chi connectivity index (χ3n) is 4.35. The number of nitrogens with zero attached hydrogens (tertiary/aromatic N) is 1. The van der Waals surface area contributed by atoms with Crippen molar-refractivity contribution >= 4 is 40.8 Å². The van der Waals surface area contributed by atoms with Crippen LogP contribution in [0.25, 0.3) is 10.9 Å². The van der Waals surface area contributed by atoms with E-state index in [-0.39, 0.29) is 24.0 Å². The Kier molecular flexibility index (Phi) is 6.54. The standard InChI is InChI=1S/C17H24N4.HI/c18-17(21-11-13-5-3-6-13)19-10-4-7-14-12-20-16-9-2-1-8-15(14)16;/h1-2,8-9,12-13,20H,3-7,10-11H2,(H3,18,19,21);1H. The first-order valence-electron chi connectivity index (χ1n) is 7.92. The molecule has 0 spiro atoms. The van der Waals surface area contributed by atoms with E-state index in [1.54, 1.807) is 0 Å². The number of aromatic amines is 1. The van der Waals surface area contributed by atoms with Gasteiger partial charge in [0, 0.05) is 30.2 Å². The van der Waals surface area contributed by atoms with E-state index in [4.69, 9.17) is 5.73 Å². The molecule has 1 aliphatic carbocycles. The van der Waals surface area contributed by atoms with Gasteiger partial charge in [0.2, 0.25) is 0 Å². The molecule has 1 heterocycles. The molecule has 0 atom stereocenters. The topological polar surface area (TPSA) is 66.2 Å². The van der Waals surface area contributed by atoms with E-state index in [0.29, 0.717) is 5.96 Å². The predicted molar refractivity (Wildman–Crippen MR) is 104 cm³/mol. The van der Waals surface area contributed by atoms with Crippen LogP contribution < -0.4 is 11.1 Å². The van der Waals surface area contributed by atoms with Gasteiger partial charge in [-0.15, -0.1) is 24.0 Å². The first-order valence-corrected chi connectivity index (χ1v) is 7.92. The van der Waals surface area contributed by atoms with Crippen LogP contribution in [-0.4, -0.2) is 24.0 Å². The van der Waals surface area contributed by atoms with Crippen LogP contribution in [0.4, 0.5) is 0 Å². The number of aromatic nitrogens is 1. The van der Waals surface area contributed by atoms with E-state index >= 15 is 0 Å². The van der Waals surface area contributed by atoms with Gasteiger partial charge in [-0.2, -0.15) is 0 Å². The molecule has 3 rings (SSSR count). The van der Waals surface area contributed by atoms with E-state index in [9.17, 15) is 0 Å². The molecule has 22 heavy (non-hydrogen) atoms. The van der Waals surface area contributed by atoms with Gasteiger partial charge < -0.3 is 16.0 Å². The van der Waals surface area contributed by atoms with Gasteiger partial charge in [0.15, 0.2) is 5.96 Å². The normalized spacial score (nSPS) is 15.4. The zero-order valence-electron chi connectivity index (χ0n) is 12.8. The second-order valence-corrected chi connectivity index (χ2v) is 5.91. The van der Waals surface area contributed by atoms with Crippen molar-refractivity contribution in [1.29, 1.82) is 0 Å². The monoisotopic (exact) mass is 412 g/mol. The molecule has 1 fully saturated rings. The number of aryl methyl sites for hydroxylation is 1. The number of hydrogen-bond donors (Lipinski definition) is 3. The average molecular weight is 412 g/mol. The maximum atomic E-state index is 5.88. The number of nitrogens with two attached hydrogens (primary N) is 1. The Morgan fingerprint density at radius 1 is 1.32 bits per heavy atom. The van der Waals surface area contributed by atoms with Gasteiger partial charge in [0.05, 0.1) is 0 Å². The van der Waals surface area contributed by atoms with Crippen molar-refractivity contribution in [3.63, 3.8) is 0 Å². The van der Waals surface area contributed by atoms with E-state index in [1.165, 1.54) is 35.7 Å². The lowest BCUT2D eigenvalue weighted by atomic mass is 9.86. The van der Waals surface area contributed by atoms with E-state index in [1.807, 2.05) is 0 Å². The number of H-pyrrole nitrogens is 1. The molecule has 0 saturated heterocycles. The molecule has 5 heteroatoms. The number of rotatable bonds is 6. The van der Waals surface area contributed by atoms with Gasteiger partial charge in [-0.25, -0.2) is 0 Å². The summed E-state index contributed by atoms with van der Waals surface area (Å²) in [5.41, 5.74) is 8.47. The number of benzene rings is 1. The number of hydrogen-bond acceptors (Lipinski definition) is 1. The van der Waals surface area contributed by atoms with Crippen LogP contribution in [0.2, 0.25) is 0 Å². The highest BCUT2D eigenvalue weighted by molar-refractivity contribution is 14.0. The number of nitrogens with one attached hydrogen (secondary N) is 2. The molecular formula is C17H25IN4. The van der Waals surface area contributed by atoms with Gasteiger partial charge in [0.25, 0.3) is 0 Å². The second-order valence-electron chi connectivity index (χ2n) is 5.91. The van der Waals surface area contributed by atoms with Crippen molar-refractivity contribution in [1.82, 2.24) is 10.3 Å². The highest BCUT2D eigenvalue weighted by Crippen LogP contribution is 2.26. The molecule has 0 bridgehead atoms. The molecule has 4 nitrogen and oxygen atoms in total. The molecule has 0 unspecified atom stereocenters. The Morgan fingerprint density at radius 3 is 2.91 bits per heavy atom. The second kappa shape index (κ2) is 8.41. The molecule has 1 aliphatic rings. The Balaban J connectivity index is 0.00000176. The minimum atomic E-state index is 0. The van der Waals surface area contributed by atoms with E-state index in [2.05, 4.69) is 45.8 Å². The number of para-hydroxylation sites is 1. The SMILES string of the molecule is I.NC(=NCC1CCC1)NCCCc1c[nH]c2ccccc12. The van der Waals surface area contributed by atoms with Gasteiger partial charge in [-0.3, -0.25) is 4.99 Å². The number of halogens is 1. The highest BCUT2D eigenvalue weighted by Gasteiger charge is 2.16. The fourth-order valence-electron chi connectivity index (χ4n) is 2.79. The van der Waals surface area contributed by atoms with Crippen LogP contribution in [0.1, 0.15) is 31.2 Å². The van der Waals surface area contributed by atoms with Gasteiger partial charge in [0.1, 0.15) is 0 Å². The van der Waals surface area contributed by atoms with E-state index in [0.717, 1.165) is 31.8 Å². The summed E-state index contributed by atoms with van der Waals surface area (Å²) in [6.07, 6.45) is 8.21. The lowest BCUT2D eigenvalue weighted by Crippen LogP contribution is -2.33. The van der Waals surface area contributed by atoms with Crippen LogP contribution in [-0.2, 0) is 6.42 Å². The zero-order chi connectivity index (χ0) is 14.5. The molecule has 2 aromatic rings. The summed E-state index contributed by atoms with van der Waals surface area (Å²) in [6.45, 7) is 1.76. The van der Waals surface area contributed by atoms with Crippen LogP contribution >= 0.6 is 24.0 Å². The Hall–Kier alpha value is -1.24. The largest absolute Gasteiger partial charge is 0.370 e. The lowest BCUT2D eigenvalue weighted by molar-refractivity contribution is 0.326. The Bertz CT molecular complexity index is 616.